The number of carbonyl (C=O) groups is 4. The van der Waals surface area contributed by atoms with Crippen molar-refractivity contribution in [1.29, 1.82) is 0 Å². The molecule has 310 valence electrons. The summed E-state index contributed by atoms with van der Waals surface area (Å²) >= 11 is 0. The van der Waals surface area contributed by atoms with Crippen LogP contribution in [0, 0.1) is 20.8 Å². The second-order valence-electron chi connectivity index (χ2n) is 15.1. The summed E-state index contributed by atoms with van der Waals surface area (Å²) < 4.78 is 16.0. The van der Waals surface area contributed by atoms with Crippen LogP contribution in [0.5, 0.6) is 5.75 Å². The van der Waals surface area contributed by atoms with Crippen molar-refractivity contribution < 1.29 is 43.6 Å². The number of carboxylic acids is 2. The van der Waals surface area contributed by atoms with E-state index in [2.05, 4.69) is 112 Å². The molecule has 0 heterocycles. The molecule has 0 amide bonds. The van der Waals surface area contributed by atoms with E-state index in [1.165, 1.54) is 46.5 Å². The quantitative estimate of drug-likeness (QED) is 0.0875. The minimum atomic E-state index is -2.22. The molecule has 10 nitrogen and oxygen atoms in total. The van der Waals surface area contributed by atoms with Gasteiger partial charge < -0.3 is 24.4 Å². The first-order valence-corrected chi connectivity index (χ1v) is 19.7. The van der Waals surface area contributed by atoms with E-state index in [4.69, 9.17) is 14.2 Å². The Balaban J connectivity index is 0.000000262. The predicted octanol–water partition coefficient (Wildman–Crippen LogP) is 9.44. The van der Waals surface area contributed by atoms with Crippen LogP contribution in [0.25, 0.3) is 0 Å². The maximum absolute atomic E-state index is 12.2. The van der Waals surface area contributed by atoms with Crippen molar-refractivity contribution in [3.63, 3.8) is 0 Å². The first kappa shape index (κ1) is 45.4. The van der Waals surface area contributed by atoms with Gasteiger partial charge in [0.1, 0.15) is 12.4 Å². The van der Waals surface area contributed by atoms with Crippen LogP contribution >= 0.6 is 0 Å². The van der Waals surface area contributed by atoms with Crippen LogP contribution in [0.1, 0.15) is 94.1 Å². The second kappa shape index (κ2) is 22.0. The second-order valence-corrected chi connectivity index (χ2v) is 15.1. The zero-order chi connectivity index (χ0) is 43.1. The molecule has 2 N–H and O–H groups in total. The number of rotatable bonds is 17. The highest BCUT2D eigenvalue weighted by Gasteiger charge is 2.41. The van der Waals surface area contributed by atoms with Gasteiger partial charge in [0, 0.05) is 23.6 Å². The maximum Gasteiger partial charge on any atom is 0.349 e. The van der Waals surface area contributed by atoms with Crippen LogP contribution in [0.3, 0.4) is 0 Å². The number of nitrogens with zero attached hydrogens (tertiary/aromatic N) is 1. The highest BCUT2D eigenvalue weighted by atomic mass is 16.6. The van der Waals surface area contributed by atoms with E-state index >= 15 is 0 Å². The first-order chi connectivity index (χ1) is 28.1. The Kier molecular flexibility index (Phi) is 17.0. The fraction of sp³-hybridized carbons (Fsp3) is 0.306. The van der Waals surface area contributed by atoms with Gasteiger partial charge in [-0.05, 0) is 103 Å². The van der Waals surface area contributed by atoms with Gasteiger partial charge in [0.05, 0.1) is 11.1 Å². The van der Waals surface area contributed by atoms with Crippen molar-refractivity contribution in [2.24, 2.45) is 0 Å². The monoisotopic (exact) mass is 801 g/mol. The number of carboxylic acid groups (broad SMARTS) is 2. The molecule has 10 heteroatoms. The number of ether oxygens (including phenoxy) is 3. The Labute approximate surface area is 347 Å². The lowest BCUT2D eigenvalue weighted by Gasteiger charge is -2.32. The minimum absolute atomic E-state index is 0.0332. The minimum Gasteiger partial charge on any atom is -0.489 e. The van der Waals surface area contributed by atoms with Gasteiger partial charge >= 0.3 is 23.9 Å². The van der Waals surface area contributed by atoms with Gasteiger partial charge in [-0.3, -0.25) is 4.90 Å². The third-order valence-electron chi connectivity index (χ3n) is 9.79. The molecule has 2 unspecified atom stereocenters. The van der Waals surface area contributed by atoms with E-state index in [0.717, 1.165) is 29.8 Å². The molecule has 5 rings (SSSR count). The molecule has 59 heavy (non-hydrogen) atoms. The molecule has 5 aromatic rings. The van der Waals surface area contributed by atoms with Crippen molar-refractivity contribution >= 4 is 23.9 Å². The molecule has 0 aliphatic carbocycles. The first-order valence-electron chi connectivity index (χ1n) is 19.7. The van der Waals surface area contributed by atoms with Crippen molar-refractivity contribution in [3.05, 3.63) is 172 Å². The molecular weight excluding hydrogens is 747 g/mol. The molecule has 3 atom stereocenters. The SMILES string of the molecule is Cc1ccc(C(=O)OC(C(=O)O)C(OC(=O)c2ccc(C)cc2)C(=O)O)cc1.Cc1ccc(OCc2ccccc2)c([C@H](CCN(C(C)C)C(C)C)c2ccccc2)c1. The Morgan fingerprint density at radius 1 is 0.576 bits per heavy atom. The zero-order valence-electron chi connectivity index (χ0n) is 34.8. The lowest BCUT2D eigenvalue weighted by Crippen LogP contribution is -2.45. The van der Waals surface area contributed by atoms with Gasteiger partial charge in [0.15, 0.2) is 0 Å². The smallest absolute Gasteiger partial charge is 0.349 e. The van der Waals surface area contributed by atoms with Gasteiger partial charge in [-0.1, -0.05) is 114 Å². The molecule has 0 bridgehead atoms. The number of esters is 2. The fourth-order valence-corrected chi connectivity index (χ4v) is 6.61. The number of carbonyl (C=O) groups excluding carboxylic acids is 2. The number of hydrogen-bond acceptors (Lipinski definition) is 8. The van der Waals surface area contributed by atoms with Crippen molar-refractivity contribution in [3.8, 4) is 5.75 Å². The van der Waals surface area contributed by atoms with Gasteiger partial charge in [0.2, 0.25) is 12.2 Å². The van der Waals surface area contributed by atoms with Gasteiger partial charge in [-0.25, -0.2) is 19.2 Å². The van der Waals surface area contributed by atoms with Gasteiger partial charge in [-0.2, -0.15) is 0 Å². The molecule has 5 aromatic carbocycles. The molecule has 0 saturated heterocycles. The van der Waals surface area contributed by atoms with Crippen molar-refractivity contribution in [2.45, 2.75) is 91.7 Å². The Bertz CT molecular complexity index is 2030. The van der Waals surface area contributed by atoms with Crippen molar-refractivity contribution in [1.82, 2.24) is 4.90 Å². The summed E-state index contributed by atoms with van der Waals surface area (Å²) in [5.74, 6) is -4.33. The summed E-state index contributed by atoms with van der Waals surface area (Å²) in [7, 11) is 0. The molecule has 0 fully saturated rings. The van der Waals surface area contributed by atoms with Gasteiger partial charge in [-0.15, -0.1) is 0 Å². The number of benzene rings is 5. The van der Waals surface area contributed by atoms with E-state index in [1.807, 2.05) is 6.07 Å². The van der Waals surface area contributed by atoms with E-state index in [-0.39, 0.29) is 11.1 Å². The number of hydrogen-bond donors (Lipinski definition) is 2. The van der Waals surface area contributed by atoms with Crippen LogP contribution in [-0.4, -0.2) is 69.8 Å². The molecule has 0 radical (unpaired) electrons. The predicted molar refractivity (Wildman–Crippen MR) is 228 cm³/mol. The van der Waals surface area contributed by atoms with Crippen LogP contribution < -0.4 is 4.74 Å². The number of aliphatic carboxylic acids is 2. The average molecular weight is 802 g/mol. The van der Waals surface area contributed by atoms with E-state index in [9.17, 15) is 29.4 Å². The van der Waals surface area contributed by atoms with E-state index < -0.39 is 36.1 Å². The summed E-state index contributed by atoms with van der Waals surface area (Å²) in [6.07, 6.45) is -3.38. The zero-order valence-corrected chi connectivity index (χ0v) is 34.8. The Morgan fingerprint density at radius 2 is 1.02 bits per heavy atom. The lowest BCUT2D eigenvalue weighted by molar-refractivity contribution is -0.166. The fourth-order valence-electron chi connectivity index (χ4n) is 6.61. The standard InChI is InChI=1S/C29H37NO.C20H18O8/c1-22(2)30(23(3)4)19-18-27(26-14-10-7-11-15-26)28-20-24(5)16-17-29(28)31-21-25-12-8-6-9-13-25;1-11-3-7-13(8-4-11)19(25)27-15(17(21)22)16(18(23)24)28-20(26)14-9-5-12(2)6-10-14/h6-17,20,22-23,27H,18-19,21H2,1-5H3;3-10,15-16H,1-2H3,(H,21,22)(H,23,24)/t27-;/m1./s1. The summed E-state index contributed by atoms with van der Waals surface area (Å²) in [5, 5.41) is 18.6. The van der Waals surface area contributed by atoms with Gasteiger partial charge in [0.25, 0.3) is 0 Å². The normalized spacial score (nSPS) is 12.5. The number of aryl methyl sites for hydroxylation is 3. The van der Waals surface area contributed by atoms with Crippen molar-refractivity contribution in [2.75, 3.05) is 6.54 Å². The molecular formula is C49H55NO9. The van der Waals surface area contributed by atoms with Crippen LogP contribution in [-0.2, 0) is 25.7 Å². The van der Waals surface area contributed by atoms with E-state index in [0.29, 0.717) is 24.6 Å². The third kappa shape index (κ3) is 13.7. The molecule has 0 aliphatic heterocycles. The molecule has 0 saturated carbocycles. The largest absolute Gasteiger partial charge is 0.489 e. The highest BCUT2D eigenvalue weighted by molar-refractivity contribution is 5.95. The molecule has 0 aliphatic rings. The Hall–Kier alpha value is -6.26. The average Bonchev–Trinajstić information content (AvgIpc) is 3.21. The van der Waals surface area contributed by atoms with E-state index in [1.54, 1.807) is 38.1 Å². The van der Waals surface area contributed by atoms with Crippen LogP contribution in [0.2, 0.25) is 0 Å². The summed E-state index contributed by atoms with van der Waals surface area (Å²) in [4.78, 5) is 49.9. The Morgan fingerprint density at radius 3 is 1.46 bits per heavy atom. The molecule has 0 spiro atoms. The topological polar surface area (TPSA) is 140 Å². The third-order valence-corrected chi connectivity index (χ3v) is 9.79. The highest BCUT2D eigenvalue weighted by Crippen LogP contribution is 2.36. The summed E-state index contributed by atoms with van der Waals surface area (Å²) in [6, 6.07) is 41.0. The maximum atomic E-state index is 12.2. The molecule has 0 aromatic heterocycles. The summed E-state index contributed by atoms with van der Waals surface area (Å²) in [6.45, 7) is 16.6. The lowest BCUT2D eigenvalue weighted by atomic mass is 9.86. The summed E-state index contributed by atoms with van der Waals surface area (Å²) in [5.41, 5.74) is 6.89. The van der Waals surface area contributed by atoms with Crippen LogP contribution in [0.4, 0.5) is 0 Å². The van der Waals surface area contributed by atoms with Crippen LogP contribution in [0.15, 0.2) is 127 Å².